The zero-order chi connectivity index (χ0) is 21.7. The van der Waals surface area contributed by atoms with Crippen LogP contribution in [-0.2, 0) is 14.9 Å². The van der Waals surface area contributed by atoms with E-state index >= 15 is 0 Å². The summed E-state index contributed by atoms with van der Waals surface area (Å²) < 4.78 is 48.1. The Bertz CT molecular complexity index is 828. The molecule has 2 amide bonds. The van der Waals surface area contributed by atoms with E-state index < -0.39 is 29.3 Å². The van der Waals surface area contributed by atoms with Gasteiger partial charge in [0.25, 0.3) is 0 Å². The van der Waals surface area contributed by atoms with Gasteiger partial charge in [0, 0.05) is 32.1 Å². The number of ether oxygens (including phenoxy) is 1. The first-order chi connectivity index (χ1) is 14.1. The Labute approximate surface area is 171 Å². The van der Waals surface area contributed by atoms with Crippen molar-refractivity contribution in [1.29, 1.82) is 0 Å². The highest BCUT2D eigenvalue weighted by molar-refractivity contribution is 5.91. The third-order valence-electron chi connectivity index (χ3n) is 6.63. The van der Waals surface area contributed by atoms with Crippen LogP contribution in [0.2, 0.25) is 0 Å². The summed E-state index contributed by atoms with van der Waals surface area (Å²) >= 11 is 0. The number of carbonyl (C=O) groups is 2. The number of aromatic nitrogens is 2. The van der Waals surface area contributed by atoms with E-state index in [1.165, 1.54) is 4.90 Å². The molecule has 1 atom stereocenters. The molecule has 4 rings (SSSR count). The van der Waals surface area contributed by atoms with E-state index in [1.54, 1.807) is 6.92 Å². The highest BCUT2D eigenvalue weighted by Crippen LogP contribution is 2.52. The van der Waals surface area contributed by atoms with Crippen LogP contribution in [0.4, 0.5) is 18.0 Å². The SMILES string of the molecule is Cc1nnc(C2(C(=O)N3CCCC34CCN(C(=O)OC(C)C(F)(F)F)CC4)CC2)o1. The quantitative estimate of drug-likeness (QED) is 0.733. The number of nitrogens with zero attached hydrogens (tertiary/aromatic N) is 4. The topological polar surface area (TPSA) is 88.8 Å². The average Bonchev–Trinajstić information content (AvgIpc) is 3.23. The molecule has 3 fully saturated rings. The van der Waals surface area contributed by atoms with Crippen molar-refractivity contribution in [1.82, 2.24) is 20.0 Å². The molecule has 1 aliphatic carbocycles. The van der Waals surface area contributed by atoms with Crippen molar-refractivity contribution in [3.8, 4) is 0 Å². The first-order valence-electron chi connectivity index (χ1n) is 10.2. The maximum Gasteiger partial charge on any atom is 0.425 e. The lowest BCUT2D eigenvalue weighted by Crippen LogP contribution is -2.57. The molecule has 0 bridgehead atoms. The van der Waals surface area contributed by atoms with Crippen molar-refractivity contribution in [2.75, 3.05) is 19.6 Å². The van der Waals surface area contributed by atoms with Crippen molar-refractivity contribution >= 4 is 12.0 Å². The summed E-state index contributed by atoms with van der Waals surface area (Å²) in [5.41, 5.74) is -1.15. The number of amides is 2. The highest BCUT2D eigenvalue weighted by Gasteiger charge is 2.61. The summed E-state index contributed by atoms with van der Waals surface area (Å²) in [5, 5.41) is 7.91. The van der Waals surface area contributed by atoms with Gasteiger partial charge in [-0.1, -0.05) is 0 Å². The molecular weight excluding hydrogens is 405 g/mol. The molecule has 3 aliphatic rings. The lowest BCUT2D eigenvalue weighted by atomic mass is 9.84. The monoisotopic (exact) mass is 430 g/mol. The summed E-state index contributed by atoms with van der Waals surface area (Å²) in [5.74, 6) is 0.750. The molecular formula is C19H25F3N4O4. The predicted octanol–water partition coefficient (Wildman–Crippen LogP) is 2.95. The van der Waals surface area contributed by atoms with Gasteiger partial charge in [0.1, 0.15) is 5.41 Å². The lowest BCUT2D eigenvalue weighted by molar-refractivity contribution is -0.200. The summed E-state index contributed by atoms with van der Waals surface area (Å²) in [6.45, 7) is 3.61. The van der Waals surface area contributed by atoms with Crippen LogP contribution >= 0.6 is 0 Å². The molecule has 3 heterocycles. The molecule has 1 aromatic rings. The summed E-state index contributed by atoms with van der Waals surface area (Å²) in [4.78, 5) is 28.8. The fourth-order valence-corrected chi connectivity index (χ4v) is 4.57. The van der Waals surface area contributed by atoms with Crippen LogP contribution in [0.5, 0.6) is 0 Å². The molecule has 11 heteroatoms. The van der Waals surface area contributed by atoms with Crippen LogP contribution < -0.4 is 0 Å². The Balaban J connectivity index is 1.42. The van der Waals surface area contributed by atoms with Gasteiger partial charge in [-0.2, -0.15) is 13.2 Å². The molecule has 8 nitrogen and oxygen atoms in total. The molecule has 1 unspecified atom stereocenters. The molecule has 2 aliphatic heterocycles. The second-order valence-corrected chi connectivity index (χ2v) is 8.55. The number of likely N-dealkylation sites (tertiary alicyclic amines) is 2. The fourth-order valence-electron chi connectivity index (χ4n) is 4.57. The first-order valence-corrected chi connectivity index (χ1v) is 10.2. The minimum absolute atomic E-state index is 0.0228. The van der Waals surface area contributed by atoms with Crippen LogP contribution in [0, 0.1) is 6.92 Å². The van der Waals surface area contributed by atoms with Crippen molar-refractivity contribution in [2.45, 2.75) is 75.6 Å². The largest absolute Gasteiger partial charge is 0.437 e. The number of hydrogen-bond acceptors (Lipinski definition) is 6. The van der Waals surface area contributed by atoms with Gasteiger partial charge >= 0.3 is 12.3 Å². The van der Waals surface area contributed by atoms with Gasteiger partial charge in [-0.25, -0.2) is 4.79 Å². The Morgan fingerprint density at radius 2 is 1.77 bits per heavy atom. The van der Waals surface area contributed by atoms with Crippen LogP contribution in [-0.4, -0.2) is 69.5 Å². The van der Waals surface area contributed by atoms with Crippen molar-refractivity contribution in [3.05, 3.63) is 11.8 Å². The standard InChI is InChI=1S/C19H25F3N4O4/c1-12(19(20,21)22)29-16(28)25-10-7-17(8-11-25)4-3-9-26(17)15(27)18(5-6-18)14-24-23-13(2)30-14/h12H,3-11H2,1-2H3. The lowest BCUT2D eigenvalue weighted by Gasteiger charge is -2.45. The van der Waals surface area contributed by atoms with E-state index in [1.807, 2.05) is 4.90 Å². The molecule has 166 valence electrons. The van der Waals surface area contributed by atoms with Gasteiger partial charge in [-0.05, 0) is 45.4 Å². The fraction of sp³-hybridized carbons (Fsp3) is 0.789. The van der Waals surface area contributed by atoms with Gasteiger partial charge in [-0.15, -0.1) is 10.2 Å². The number of aryl methyl sites for hydroxylation is 1. The maximum atomic E-state index is 13.5. The minimum atomic E-state index is -4.59. The van der Waals surface area contributed by atoms with E-state index in [4.69, 9.17) is 4.42 Å². The molecule has 1 spiro atoms. The van der Waals surface area contributed by atoms with Gasteiger partial charge in [0.15, 0.2) is 6.10 Å². The Kier molecular flexibility index (Phi) is 4.97. The summed E-state index contributed by atoms with van der Waals surface area (Å²) in [6, 6.07) is 0. The maximum absolute atomic E-state index is 13.5. The number of rotatable bonds is 3. The van der Waals surface area contributed by atoms with E-state index in [0.717, 1.165) is 19.8 Å². The normalized spacial score (nSPS) is 23.5. The third-order valence-corrected chi connectivity index (χ3v) is 6.63. The number of halogens is 3. The molecule has 0 aromatic carbocycles. The number of alkyl halides is 3. The average molecular weight is 430 g/mol. The summed E-state index contributed by atoms with van der Waals surface area (Å²) in [6.07, 6.45) is -3.72. The van der Waals surface area contributed by atoms with E-state index in [0.29, 0.717) is 44.0 Å². The molecule has 0 N–H and O–H groups in total. The zero-order valence-electron chi connectivity index (χ0n) is 17.0. The number of piperidine rings is 1. The third kappa shape index (κ3) is 3.51. The van der Waals surface area contributed by atoms with Crippen molar-refractivity contribution in [3.63, 3.8) is 0 Å². The van der Waals surface area contributed by atoms with Gasteiger partial charge in [-0.3, -0.25) is 4.79 Å². The smallest absolute Gasteiger partial charge is 0.425 e. The van der Waals surface area contributed by atoms with Crippen LogP contribution in [0.3, 0.4) is 0 Å². The van der Waals surface area contributed by atoms with Crippen LogP contribution in [0.1, 0.15) is 57.2 Å². The predicted molar refractivity (Wildman–Crippen MR) is 96.4 cm³/mol. The second kappa shape index (κ2) is 7.12. The van der Waals surface area contributed by atoms with E-state index in [2.05, 4.69) is 14.9 Å². The van der Waals surface area contributed by atoms with Crippen molar-refractivity contribution in [2.24, 2.45) is 0 Å². The number of carbonyl (C=O) groups excluding carboxylic acids is 2. The molecule has 2 saturated heterocycles. The molecule has 0 radical (unpaired) electrons. The second-order valence-electron chi connectivity index (χ2n) is 8.55. The van der Waals surface area contributed by atoms with Gasteiger partial charge in [0.05, 0.1) is 0 Å². The van der Waals surface area contributed by atoms with E-state index in [-0.39, 0.29) is 19.0 Å². The Morgan fingerprint density at radius 1 is 1.10 bits per heavy atom. The minimum Gasteiger partial charge on any atom is -0.437 e. The molecule has 30 heavy (non-hydrogen) atoms. The molecule has 1 aromatic heterocycles. The summed E-state index contributed by atoms with van der Waals surface area (Å²) in [7, 11) is 0. The van der Waals surface area contributed by atoms with Crippen LogP contribution in [0.15, 0.2) is 4.42 Å². The van der Waals surface area contributed by atoms with Gasteiger partial charge in [0.2, 0.25) is 17.7 Å². The number of hydrogen-bond donors (Lipinski definition) is 0. The Morgan fingerprint density at radius 3 is 2.30 bits per heavy atom. The highest BCUT2D eigenvalue weighted by atomic mass is 19.4. The van der Waals surface area contributed by atoms with Crippen molar-refractivity contribution < 1.29 is 31.9 Å². The van der Waals surface area contributed by atoms with Crippen LogP contribution in [0.25, 0.3) is 0 Å². The van der Waals surface area contributed by atoms with Gasteiger partial charge < -0.3 is 19.0 Å². The Hall–Kier alpha value is -2.33. The zero-order valence-corrected chi connectivity index (χ0v) is 17.0. The molecule has 1 saturated carbocycles. The van der Waals surface area contributed by atoms with E-state index in [9.17, 15) is 22.8 Å². The first kappa shape index (κ1) is 20.9.